The van der Waals surface area contributed by atoms with Crippen molar-refractivity contribution in [3.05, 3.63) is 52.0 Å². The van der Waals surface area contributed by atoms with Gasteiger partial charge >= 0.3 is 0 Å². The molecule has 0 aromatic heterocycles. The van der Waals surface area contributed by atoms with Crippen LogP contribution in [0, 0.1) is 0 Å². The zero-order chi connectivity index (χ0) is 14.5. The predicted molar refractivity (Wildman–Crippen MR) is 82.8 cm³/mol. The number of rotatable bonds is 5. The van der Waals surface area contributed by atoms with E-state index in [-0.39, 0.29) is 0 Å². The van der Waals surface area contributed by atoms with Crippen LogP contribution >= 0.6 is 23.2 Å². The van der Waals surface area contributed by atoms with E-state index in [1.54, 1.807) is 24.3 Å². The van der Waals surface area contributed by atoms with Crippen LogP contribution in [0.15, 0.2) is 36.4 Å². The van der Waals surface area contributed by atoms with Gasteiger partial charge in [-0.05, 0) is 37.3 Å². The highest BCUT2D eigenvalue weighted by Crippen LogP contribution is 2.30. The molecule has 0 heterocycles. The van der Waals surface area contributed by atoms with Gasteiger partial charge in [0.25, 0.3) is 0 Å². The maximum absolute atomic E-state index is 6.06. The van der Waals surface area contributed by atoms with Crippen molar-refractivity contribution in [2.75, 3.05) is 12.3 Å². The first kappa shape index (κ1) is 14.8. The first-order valence-electron chi connectivity index (χ1n) is 6.19. The van der Waals surface area contributed by atoms with Crippen molar-refractivity contribution < 1.29 is 9.47 Å². The molecule has 2 aromatic rings. The maximum Gasteiger partial charge on any atom is 0.139 e. The molecule has 2 aromatic carbocycles. The minimum atomic E-state index is 0.306. The van der Waals surface area contributed by atoms with E-state index in [2.05, 4.69) is 0 Å². The third-order valence-corrected chi connectivity index (χ3v) is 3.21. The standard InChI is InChI=1S/C15H15Cl2NO2/c1-2-19-14-6-4-12(18)7-10(14)9-20-15-8-11(16)3-5-13(15)17/h3-8H,2,9,18H2,1H3. The van der Waals surface area contributed by atoms with Gasteiger partial charge in [-0.25, -0.2) is 0 Å². The summed E-state index contributed by atoms with van der Waals surface area (Å²) in [5.41, 5.74) is 7.31. The lowest BCUT2D eigenvalue weighted by molar-refractivity contribution is 0.286. The van der Waals surface area contributed by atoms with Crippen LogP contribution in [0.1, 0.15) is 12.5 Å². The Kier molecular flexibility index (Phi) is 4.99. The molecule has 0 aliphatic carbocycles. The van der Waals surface area contributed by atoms with Crippen LogP contribution in [-0.4, -0.2) is 6.61 Å². The molecule has 0 amide bonds. The Bertz CT molecular complexity index is 602. The van der Waals surface area contributed by atoms with Crippen molar-refractivity contribution in [3.8, 4) is 11.5 Å². The van der Waals surface area contributed by atoms with Crippen molar-refractivity contribution >= 4 is 28.9 Å². The molecule has 0 unspecified atom stereocenters. The molecule has 0 bridgehead atoms. The molecular weight excluding hydrogens is 297 g/mol. The molecular formula is C15H15Cl2NO2. The Hall–Kier alpha value is -1.58. The molecule has 0 saturated heterocycles. The second kappa shape index (κ2) is 6.73. The third kappa shape index (κ3) is 3.71. The minimum Gasteiger partial charge on any atom is -0.493 e. The minimum absolute atomic E-state index is 0.306. The van der Waals surface area contributed by atoms with Gasteiger partial charge in [0.15, 0.2) is 0 Å². The number of nitrogen functional groups attached to an aromatic ring is 1. The van der Waals surface area contributed by atoms with Crippen molar-refractivity contribution in [2.24, 2.45) is 0 Å². The molecule has 0 aliphatic heterocycles. The highest BCUT2D eigenvalue weighted by atomic mass is 35.5. The van der Waals surface area contributed by atoms with Gasteiger partial charge in [0.05, 0.1) is 11.6 Å². The fourth-order valence-electron chi connectivity index (χ4n) is 1.75. The molecule has 20 heavy (non-hydrogen) atoms. The molecule has 5 heteroatoms. The summed E-state index contributed by atoms with van der Waals surface area (Å²) < 4.78 is 11.2. The zero-order valence-electron chi connectivity index (χ0n) is 11.0. The smallest absolute Gasteiger partial charge is 0.139 e. The van der Waals surface area contributed by atoms with E-state index in [1.807, 2.05) is 19.1 Å². The SMILES string of the molecule is CCOc1ccc(N)cc1COc1cc(Cl)ccc1Cl. The summed E-state index contributed by atoms with van der Waals surface area (Å²) in [6, 6.07) is 10.5. The fraction of sp³-hybridized carbons (Fsp3) is 0.200. The summed E-state index contributed by atoms with van der Waals surface area (Å²) in [4.78, 5) is 0. The van der Waals surface area contributed by atoms with E-state index in [4.69, 9.17) is 38.4 Å². The lowest BCUT2D eigenvalue weighted by atomic mass is 10.2. The lowest BCUT2D eigenvalue weighted by Crippen LogP contribution is -2.02. The number of benzene rings is 2. The molecule has 3 nitrogen and oxygen atoms in total. The molecule has 2 N–H and O–H groups in total. The number of hydrogen-bond acceptors (Lipinski definition) is 3. The molecule has 0 saturated carbocycles. The van der Waals surface area contributed by atoms with E-state index in [0.717, 1.165) is 11.3 Å². The van der Waals surface area contributed by atoms with Crippen molar-refractivity contribution in [1.29, 1.82) is 0 Å². The first-order chi connectivity index (χ1) is 9.60. The van der Waals surface area contributed by atoms with Crippen LogP contribution < -0.4 is 15.2 Å². The van der Waals surface area contributed by atoms with Gasteiger partial charge in [0.2, 0.25) is 0 Å². The average molecular weight is 312 g/mol. The van der Waals surface area contributed by atoms with E-state index < -0.39 is 0 Å². The van der Waals surface area contributed by atoms with Crippen LogP contribution in [0.4, 0.5) is 5.69 Å². The summed E-state index contributed by atoms with van der Waals surface area (Å²) >= 11 is 12.0. The highest BCUT2D eigenvalue weighted by molar-refractivity contribution is 6.34. The van der Waals surface area contributed by atoms with Gasteiger partial charge in [-0.1, -0.05) is 23.2 Å². The van der Waals surface area contributed by atoms with E-state index in [0.29, 0.717) is 34.7 Å². The zero-order valence-corrected chi connectivity index (χ0v) is 12.5. The first-order valence-corrected chi connectivity index (χ1v) is 6.94. The Morgan fingerprint density at radius 2 is 1.80 bits per heavy atom. The summed E-state index contributed by atoms with van der Waals surface area (Å²) in [5.74, 6) is 1.28. The number of halogens is 2. The highest BCUT2D eigenvalue weighted by Gasteiger charge is 2.08. The Morgan fingerprint density at radius 1 is 1.00 bits per heavy atom. The van der Waals surface area contributed by atoms with Gasteiger partial charge in [0, 0.05) is 22.3 Å². The number of hydrogen-bond donors (Lipinski definition) is 1. The fourth-order valence-corrected chi connectivity index (χ4v) is 2.09. The summed E-state index contributed by atoms with van der Waals surface area (Å²) in [5, 5.41) is 1.08. The molecule has 2 rings (SSSR count). The molecule has 0 atom stereocenters. The maximum atomic E-state index is 6.06. The monoisotopic (exact) mass is 311 g/mol. The van der Waals surface area contributed by atoms with Gasteiger partial charge in [-0.2, -0.15) is 0 Å². The van der Waals surface area contributed by atoms with Crippen molar-refractivity contribution in [1.82, 2.24) is 0 Å². The van der Waals surface area contributed by atoms with Crippen LogP contribution in [0.2, 0.25) is 10.0 Å². The molecule has 0 radical (unpaired) electrons. The lowest BCUT2D eigenvalue weighted by Gasteiger charge is -2.13. The van der Waals surface area contributed by atoms with Crippen LogP contribution in [0.5, 0.6) is 11.5 Å². The number of nitrogens with two attached hydrogens (primary N) is 1. The quantitative estimate of drug-likeness (QED) is 0.824. The Balaban J connectivity index is 2.17. The van der Waals surface area contributed by atoms with Gasteiger partial charge in [0.1, 0.15) is 18.1 Å². The third-order valence-electron chi connectivity index (χ3n) is 2.66. The topological polar surface area (TPSA) is 44.5 Å². The second-order valence-electron chi connectivity index (χ2n) is 4.16. The van der Waals surface area contributed by atoms with Gasteiger partial charge < -0.3 is 15.2 Å². The summed E-state index contributed by atoms with van der Waals surface area (Å²) in [6.45, 7) is 2.81. The van der Waals surface area contributed by atoms with Gasteiger partial charge in [-0.15, -0.1) is 0 Å². The molecule has 106 valence electrons. The largest absolute Gasteiger partial charge is 0.493 e. The van der Waals surface area contributed by atoms with Crippen molar-refractivity contribution in [3.63, 3.8) is 0 Å². The Morgan fingerprint density at radius 3 is 2.55 bits per heavy atom. The molecule has 0 fully saturated rings. The van der Waals surface area contributed by atoms with Crippen LogP contribution in [0.3, 0.4) is 0 Å². The van der Waals surface area contributed by atoms with E-state index in [1.165, 1.54) is 0 Å². The molecule has 0 spiro atoms. The molecule has 0 aliphatic rings. The summed E-state index contributed by atoms with van der Waals surface area (Å²) in [6.07, 6.45) is 0. The van der Waals surface area contributed by atoms with Crippen LogP contribution in [0.25, 0.3) is 0 Å². The number of anilines is 1. The van der Waals surface area contributed by atoms with E-state index in [9.17, 15) is 0 Å². The average Bonchev–Trinajstić information content (AvgIpc) is 2.42. The number of ether oxygens (including phenoxy) is 2. The van der Waals surface area contributed by atoms with E-state index >= 15 is 0 Å². The Labute approximate surface area is 128 Å². The van der Waals surface area contributed by atoms with Crippen molar-refractivity contribution in [2.45, 2.75) is 13.5 Å². The van der Waals surface area contributed by atoms with Gasteiger partial charge in [-0.3, -0.25) is 0 Å². The summed E-state index contributed by atoms with van der Waals surface area (Å²) in [7, 11) is 0. The predicted octanol–water partition coefficient (Wildman–Crippen LogP) is 4.55. The second-order valence-corrected chi connectivity index (χ2v) is 5.01. The normalized spacial score (nSPS) is 10.3. The van der Waals surface area contributed by atoms with Crippen LogP contribution in [-0.2, 0) is 6.61 Å².